The van der Waals surface area contributed by atoms with Crippen LogP contribution in [0.1, 0.15) is 25.7 Å². The molecule has 0 amide bonds. The number of hydrogen-bond acceptors (Lipinski definition) is 3. The number of hydrogen-bond donors (Lipinski definition) is 1. The zero-order chi connectivity index (χ0) is 11.0. The summed E-state index contributed by atoms with van der Waals surface area (Å²) in [5.41, 5.74) is 0. The maximum atomic E-state index is 3.50. The van der Waals surface area contributed by atoms with Crippen LogP contribution in [0.25, 0.3) is 0 Å². The molecule has 2 saturated carbocycles. The highest BCUT2D eigenvalue weighted by atomic mass is 15.3. The first-order valence-electron chi connectivity index (χ1n) is 7.00. The van der Waals surface area contributed by atoms with Gasteiger partial charge in [0.15, 0.2) is 0 Å². The van der Waals surface area contributed by atoms with E-state index in [0.717, 1.165) is 18.0 Å². The van der Waals surface area contributed by atoms with Gasteiger partial charge >= 0.3 is 0 Å². The van der Waals surface area contributed by atoms with Crippen molar-refractivity contribution in [2.45, 2.75) is 37.8 Å². The van der Waals surface area contributed by atoms with Gasteiger partial charge < -0.3 is 5.32 Å². The van der Waals surface area contributed by atoms with Gasteiger partial charge in [-0.25, -0.2) is 0 Å². The van der Waals surface area contributed by atoms with Gasteiger partial charge in [0.25, 0.3) is 0 Å². The largest absolute Gasteiger partial charge is 0.315 e. The molecule has 92 valence electrons. The fraction of sp³-hybridized carbons (Fsp3) is 1.00. The first-order chi connectivity index (χ1) is 7.86. The van der Waals surface area contributed by atoms with E-state index in [-0.39, 0.29) is 0 Å². The Balaban J connectivity index is 1.42. The van der Waals surface area contributed by atoms with Gasteiger partial charge in [0.1, 0.15) is 0 Å². The second kappa shape index (κ2) is 4.63. The van der Waals surface area contributed by atoms with Crippen molar-refractivity contribution in [2.24, 2.45) is 5.92 Å². The quantitative estimate of drug-likeness (QED) is 0.742. The minimum atomic E-state index is 0.757. The van der Waals surface area contributed by atoms with Crippen molar-refractivity contribution in [3.8, 4) is 0 Å². The second-order valence-electron chi connectivity index (χ2n) is 5.80. The number of rotatable bonds is 5. The molecule has 3 aliphatic rings. The first-order valence-corrected chi connectivity index (χ1v) is 7.00. The van der Waals surface area contributed by atoms with Crippen LogP contribution in [0.3, 0.4) is 0 Å². The lowest BCUT2D eigenvalue weighted by atomic mass is 10.1. The average Bonchev–Trinajstić information content (AvgIpc) is 3.19. The van der Waals surface area contributed by atoms with Crippen LogP contribution in [0.5, 0.6) is 0 Å². The van der Waals surface area contributed by atoms with Crippen molar-refractivity contribution >= 4 is 0 Å². The molecule has 0 aromatic heterocycles. The summed E-state index contributed by atoms with van der Waals surface area (Å²) in [6.45, 7) is 6.49. The smallest absolute Gasteiger partial charge is 0.0220 e. The fourth-order valence-electron chi connectivity index (χ4n) is 3.00. The van der Waals surface area contributed by atoms with Crippen LogP contribution in [-0.4, -0.2) is 61.7 Å². The molecule has 0 radical (unpaired) electrons. The third-order valence-corrected chi connectivity index (χ3v) is 4.49. The Bertz CT molecular complexity index is 227. The maximum absolute atomic E-state index is 3.50. The molecule has 3 heteroatoms. The molecule has 3 nitrogen and oxygen atoms in total. The zero-order valence-electron chi connectivity index (χ0n) is 10.5. The molecule has 16 heavy (non-hydrogen) atoms. The van der Waals surface area contributed by atoms with E-state index in [9.17, 15) is 0 Å². The lowest BCUT2D eigenvalue weighted by Crippen LogP contribution is -2.51. The normalized spacial score (nSPS) is 30.6. The van der Waals surface area contributed by atoms with Gasteiger partial charge in [-0.2, -0.15) is 0 Å². The molecule has 2 aliphatic carbocycles. The van der Waals surface area contributed by atoms with Crippen molar-refractivity contribution in [1.82, 2.24) is 15.1 Å². The van der Waals surface area contributed by atoms with Gasteiger partial charge in [0.05, 0.1) is 0 Å². The highest BCUT2D eigenvalue weighted by Gasteiger charge is 2.34. The van der Waals surface area contributed by atoms with Crippen LogP contribution in [0, 0.1) is 5.92 Å². The van der Waals surface area contributed by atoms with Crippen LogP contribution < -0.4 is 5.32 Å². The van der Waals surface area contributed by atoms with E-state index in [4.69, 9.17) is 0 Å². The summed E-state index contributed by atoms with van der Waals surface area (Å²) in [4.78, 5) is 5.36. The lowest BCUT2D eigenvalue weighted by Gasteiger charge is -2.36. The molecule has 1 saturated heterocycles. The predicted molar refractivity (Wildman–Crippen MR) is 66.6 cm³/mol. The summed E-state index contributed by atoms with van der Waals surface area (Å²) >= 11 is 0. The standard InChI is InChI=1S/C13H25N3/c1-14-13(11-2-3-11)10-15-6-8-16(9-7-15)12-4-5-12/h11-14H,2-10H2,1H3. The van der Waals surface area contributed by atoms with E-state index < -0.39 is 0 Å². The molecule has 0 aromatic carbocycles. The van der Waals surface area contributed by atoms with Gasteiger partial charge in [-0.1, -0.05) is 0 Å². The first kappa shape index (κ1) is 11.0. The van der Waals surface area contributed by atoms with E-state index in [1.807, 2.05) is 0 Å². The highest BCUT2D eigenvalue weighted by molar-refractivity contribution is 4.91. The summed E-state index contributed by atoms with van der Waals surface area (Å²) in [5.74, 6) is 0.978. The molecule has 1 N–H and O–H groups in total. The van der Waals surface area contributed by atoms with E-state index in [0.29, 0.717) is 0 Å². The molecule has 1 aliphatic heterocycles. The van der Waals surface area contributed by atoms with Crippen molar-refractivity contribution in [3.05, 3.63) is 0 Å². The number of nitrogens with zero attached hydrogens (tertiary/aromatic N) is 2. The summed E-state index contributed by atoms with van der Waals surface area (Å²) in [6, 6.07) is 1.72. The average molecular weight is 223 g/mol. The van der Waals surface area contributed by atoms with Crippen molar-refractivity contribution < 1.29 is 0 Å². The zero-order valence-corrected chi connectivity index (χ0v) is 10.5. The van der Waals surface area contributed by atoms with E-state index in [1.165, 1.54) is 58.4 Å². The Kier molecular flexibility index (Phi) is 3.18. The minimum absolute atomic E-state index is 0.757. The molecular weight excluding hydrogens is 198 g/mol. The van der Waals surface area contributed by atoms with Crippen LogP contribution >= 0.6 is 0 Å². The maximum Gasteiger partial charge on any atom is 0.0220 e. The molecular formula is C13H25N3. The third kappa shape index (κ3) is 2.58. The minimum Gasteiger partial charge on any atom is -0.315 e. The predicted octanol–water partition coefficient (Wildman–Crippen LogP) is 0.764. The SMILES string of the molecule is CNC(CN1CCN(C2CC2)CC1)C1CC1. The van der Waals surface area contributed by atoms with Gasteiger partial charge in [0.2, 0.25) is 0 Å². The fourth-order valence-corrected chi connectivity index (χ4v) is 3.00. The monoisotopic (exact) mass is 223 g/mol. The van der Waals surface area contributed by atoms with Gasteiger partial charge in [-0.05, 0) is 38.6 Å². The van der Waals surface area contributed by atoms with Gasteiger partial charge in [-0.15, -0.1) is 0 Å². The Labute approximate surface area is 99.2 Å². The molecule has 0 aromatic rings. The molecule has 3 rings (SSSR count). The second-order valence-corrected chi connectivity index (χ2v) is 5.80. The van der Waals surface area contributed by atoms with E-state index in [1.54, 1.807) is 0 Å². The number of nitrogens with one attached hydrogen (secondary N) is 1. The van der Waals surface area contributed by atoms with E-state index >= 15 is 0 Å². The summed E-state index contributed by atoms with van der Waals surface area (Å²) in [6.07, 6.45) is 5.82. The van der Waals surface area contributed by atoms with E-state index in [2.05, 4.69) is 22.2 Å². The van der Waals surface area contributed by atoms with Gasteiger partial charge in [0, 0.05) is 44.8 Å². The number of likely N-dealkylation sites (N-methyl/N-ethyl adjacent to an activating group) is 1. The highest BCUT2D eigenvalue weighted by Crippen LogP contribution is 2.33. The van der Waals surface area contributed by atoms with Crippen molar-refractivity contribution in [2.75, 3.05) is 39.8 Å². The Morgan fingerprint density at radius 3 is 2.25 bits per heavy atom. The Morgan fingerprint density at radius 2 is 1.75 bits per heavy atom. The Morgan fingerprint density at radius 1 is 1.06 bits per heavy atom. The van der Waals surface area contributed by atoms with Crippen molar-refractivity contribution in [1.29, 1.82) is 0 Å². The Hall–Kier alpha value is -0.120. The van der Waals surface area contributed by atoms with Crippen LogP contribution in [0.15, 0.2) is 0 Å². The molecule has 1 atom stereocenters. The molecule has 3 fully saturated rings. The molecule has 0 spiro atoms. The topological polar surface area (TPSA) is 18.5 Å². The van der Waals surface area contributed by atoms with Gasteiger partial charge in [-0.3, -0.25) is 9.80 Å². The molecule has 1 unspecified atom stereocenters. The summed E-state index contributed by atoms with van der Waals surface area (Å²) < 4.78 is 0. The van der Waals surface area contributed by atoms with Crippen LogP contribution in [-0.2, 0) is 0 Å². The molecule has 1 heterocycles. The number of piperazine rings is 1. The summed E-state index contributed by atoms with van der Waals surface area (Å²) in [5, 5.41) is 3.50. The van der Waals surface area contributed by atoms with Crippen LogP contribution in [0.2, 0.25) is 0 Å². The van der Waals surface area contributed by atoms with Crippen molar-refractivity contribution in [3.63, 3.8) is 0 Å². The van der Waals surface area contributed by atoms with Crippen LogP contribution in [0.4, 0.5) is 0 Å². The summed E-state index contributed by atoms with van der Waals surface area (Å²) in [7, 11) is 2.13. The third-order valence-electron chi connectivity index (χ3n) is 4.49. The molecule has 0 bridgehead atoms. The lowest BCUT2D eigenvalue weighted by molar-refractivity contribution is 0.116.